The fourth-order valence-corrected chi connectivity index (χ4v) is 18.1. The van der Waals surface area contributed by atoms with Crippen molar-refractivity contribution < 1.29 is 49.9 Å². The van der Waals surface area contributed by atoms with E-state index in [1.54, 1.807) is 48.5 Å². The van der Waals surface area contributed by atoms with E-state index in [4.69, 9.17) is 23.9 Å². The number of aryl methyl sites for hydroxylation is 1. The van der Waals surface area contributed by atoms with Crippen molar-refractivity contribution in [1.29, 1.82) is 0 Å². The number of esters is 2. The zero-order valence-corrected chi connectivity index (χ0v) is 53.0. The quantitative estimate of drug-likeness (QED) is 0.0951. The highest BCUT2D eigenvalue weighted by Gasteiger charge is 2.54. The maximum Gasteiger partial charge on any atom is 0.338 e. The first-order chi connectivity index (χ1) is 42.6. The van der Waals surface area contributed by atoms with Crippen LogP contribution in [0.1, 0.15) is 127 Å². The number of ether oxygens (including phenoxy) is 4. The van der Waals surface area contributed by atoms with Gasteiger partial charge in [-0.3, -0.25) is 19.2 Å². The van der Waals surface area contributed by atoms with Crippen molar-refractivity contribution in [2.24, 2.45) is 27.7 Å². The minimum absolute atomic E-state index is 0.0269. The highest BCUT2D eigenvalue weighted by atomic mass is 32.2. The van der Waals surface area contributed by atoms with Gasteiger partial charge >= 0.3 is 11.9 Å². The van der Waals surface area contributed by atoms with Gasteiger partial charge in [-0.05, 0) is 192 Å². The van der Waals surface area contributed by atoms with Gasteiger partial charge in [-0.2, -0.15) is 8.42 Å². The number of hydrogen-bond donors (Lipinski definition) is 2. The first kappa shape index (κ1) is 59.1. The smallest absolute Gasteiger partial charge is 0.338 e. The molecule has 10 aliphatic rings. The fourth-order valence-electron chi connectivity index (χ4n) is 16.2. The molecule has 14 rings (SSSR count). The molecule has 0 bridgehead atoms. The molecule has 6 unspecified atom stereocenters. The molecule has 6 heterocycles. The lowest BCUT2D eigenvalue weighted by molar-refractivity contribution is -0.144. The Morgan fingerprint density at radius 1 is 0.854 bits per heavy atom. The van der Waals surface area contributed by atoms with Gasteiger partial charge < -0.3 is 23.8 Å². The number of sulfonamides is 1. The van der Waals surface area contributed by atoms with E-state index in [1.165, 1.54) is 22.9 Å². The summed E-state index contributed by atoms with van der Waals surface area (Å²) >= 11 is 0. The van der Waals surface area contributed by atoms with Gasteiger partial charge in [0.05, 0.1) is 32.0 Å². The number of fused-ring (bicyclic) bond motifs is 5. The molecule has 462 valence electrons. The van der Waals surface area contributed by atoms with Crippen LogP contribution in [0, 0.1) is 22.7 Å². The predicted octanol–water partition coefficient (Wildman–Crippen LogP) is 11.5. The minimum Gasteiger partial charge on any atom is -0.489 e. The largest absolute Gasteiger partial charge is 0.489 e. The lowest BCUT2D eigenvalue weighted by Crippen LogP contribution is -2.61. The van der Waals surface area contributed by atoms with Gasteiger partial charge in [0.25, 0.3) is 20.1 Å². The second-order valence-corrected chi connectivity index (χ2v) is 30.0. The number of allylic oxidation sites excluding steroid dienone is 9. The van der Waals surface area contributed by atoms with Crippen molar-refractivity contribution in [3.63, 3.8) is 0 Å². The molecule has 0 saturated carbocycles. The van der Waals surface area contributed by atoms with E-state index in [0.29, 0.717) is 62.2 Å². The third kappa shape index (κ3) is 10.4. The van der Waals surface area contributed by atoms with Crippen LogP contribution >= 0.6 is 0 Å². The zero-order valence-electron chi connectivity index (χ0n) is 51.4. The van der Waals surface area contributed by atoms with Gasteiger partial charge in [-0.15, -0.1) is 0 Å². The zero-order chi connectivity index (χ0) is 61.9. The van der Waals surface area contributed by atoms with Crippen LogP contribution in [0.2, 0.25) is 0 Å². The van der Waals surface area contributed by atoms with E-state index < -0.39 is 59.8 Å². The Bertz CT molecular complexity index is 4370. The Morgan fingerprint density at radius 3 is 2.47 bits per heavy atom. The lowest BCUT2D eigenvalue weighted by Gasteiger charge is -2.57. The normalized spacial score (nSPS) is 26.3. The van der Waals surface area contributed by atoms with Crippen LogP contribution in [-0.2, 0) is 58.7 Å². The molecule has 89 heavy (non-hydrogen) atoms. The monoisotopic (exact) mass is 1240 g/mol. The fraction of sp³-hybridized carbons (Fsp3) is 0.403. The van der Waals surface area contributed by atoms with E-state index in [-0.39, 0.29) is 35.3 Å². The molecular formula is C72H76N4O11S2. The van der Waals surface area contributed by atoms with Crippen molar-refractivity contribution in [3.8, 4) is 11.5 Å². The molecule has 2 fully saturated rings. The number of nitrogens with one attached hydrogen (secondary N) is 1. The number of rotatable bonds is 13. The summed E-state index contributed by atoms with van der Waals surface area (Å²) < 4.78 is 96.7. The second kappa shape index (κ2) is 22.1. The van der Waals surface area contributed by atoms with E-state index in [2.05, 4.69) is 46.6 Å². The molecule has 4 aliphatic carbocycles. The number of piperidine rings is 2. The Morgan fingerprint density at radius 2 is 1.66 bits per heavy atom. The molecule has 0 amide bonds. The van der Waals surface area contributed by atoms with Gasteiger partial charge in [0, 0.05) is 80.7 Å². The van der Waals surface area contributed by atoms with E-state index in [9.17, 15) is 31.0 Å². The van der Waals surface area contributed by atoms with E-state index in [0.717, 1.165) is 124 Å². The van der Waals surface area contributed by atoms with Crippen LogP contribution in [-0.4, -0.2) is 82.7 Å². The molecule has 0 aromatic heterocycles. The standard InChI is InChI=1S/C72H76N4O11S2/c1-43-15-9-16-45(33-43)42-85-68(77)48-34-44(2)67(70(3,4)40-48)87-69(78)63-53-26-24-51(38-59(53)73-61-23-7-8-28-71(61,63)5)84-41-46-17-10-20-50(35-46)74-88(79,80)52-25-27-54(60(39-52)89(81,82)83)62-56-36-47-18-11-29-75-30-13-21-55(64(47)75)65(56)86-66-57(62)37-49-19-12-31-76-32-14-22-58(66)72(49,76)6/h7-10,15-17,20,23-27,34-40,43,58,62,67,74H,11-14,18-19,21-22,28-33,41-42H2,1-6H3,(H,81,82,83). The molecule has 0 spiro atoms. The maximum atomic E-state index is 14.8. The number of carbonyl (C=O) groups excluding carboxylic acids is 2. The van der Waals surface area contributed by atoms with Crippen molar-refractivity contribution >= 4 is 49.0 Å². The van der Waals surface area contributed by atoms with Crippen molar-refractivity contribution in [2.45, 2.75) is 140 Å². The third-order valence-corrected chi connectivity index (χ3v) is 22.7. The van der Waals surface area contributed by atoms with Crippen LogP contribution < -0.4 is 29.7 Å². The summed E-state index contributed by atoms with van der Waals surface area (Å²) in [5, 5.41) is 1.12. The van der Waals surface area contributed by atoms with Crippen molar-refractivity contribution in [3.05, 3.63) is 199 Å². The summed E-state index contributed by atoms with van der Waals surface area (Å²) in [5.41, 5.74) is 9.27. The number of benzene rings is 4. The summed E-state index contributed by atoms with van der Waals surface area (Å²) in [7, 11) is -9.47. The van der Waals surface area contributed by atoms with Gasteiger partial charge in [0.2, 0.25) is 0 Å². The number of nitrogens with zero attached hydrogens (tertiary/aromatic N) is 3. The van der Waals surface area contributed by atoms with E-state index in [1.807, 2.05) is 70.2 Å². The average molecular weight is 1240 g/mol. The number of carbonyl (C=O) groups is 2. The molecular weight excluding hydrogens is 1160 g/mol. The number of anilines is 2. The van der Waals surface area contributed by atoms with Crippen LogP contribution in [0.15, 0.2) is 176 Å². The number of hydrogen-bond acceptors (Lipinski definition) is 13. The molecule has 2 N–H and O–H groups in total. The van der Waals surface area contributed by atoms with Crippen LogP contribution in [0.4, 0.5) is 11.4 Å². The molecule has 2 saturated heterocycles. The Kier molecular flexibility index (Phi) is 14.7. The van der Waals surface area contributed by atoms with E-state index >= 15 is 0 Å². The Hall–Kier alpha value is -7.57. The maximum absolute atomic E-state index is 14.8. The Labute approximate surface area is 521 Å². The molecule has 15 nitrogen and oxygen atoms in total. The Balaban J connectivity index is 0.724. The highest BCUT2D eigenvalue weighted by molar-refractivity contribution is 7.92. The topological polar surface area (TPSA) is 190 Å². The molecule has 6 aliphatic heterocycles. The minimum atomic E-state index is -5.01. The highest BCUT2D eigenvalue weighted by Crippen LogP contribution is 2.59. The SMILES string of the molecule is CC1=CC(C(=O)OCC2=CC=CC(C)C2)=CC(C)(C)C1OC(=O)C1=c2ccc(OCc3cccc(NS(=O)(=O)c4ccc(C5C6=C(Oc7c5cc5c8c7CCCN8CCC5)C5CCCN7CCCC(=C6)C57C)c(S(=O)(=O)O)c4)c3)cc2=NC2=CC=CCC21C. The molecule has 6 atom stereocenters. The van der Waals surface area contributed by atoms with Crippen LogP contribution in [0.25, 0.3) is 5.57 Å². The summed E-state index contributed by atoms with van der Waals surface area (Å²) in [6.45, 7) is 16.4. The summed E-state index contributed by atoms with van der Waals surface area (Å²) in [6, 6.07) is 18.4. The first-order valence-electron chi connectivity index (χ1n) is 31.5. The van der Waals surface area contributed by atoms with Crippen LogP contribution in [0.5, 0.6) is 11.5 Å². The summed E-state index contributed by atoms with van der Waals surface area (Å²) in [5.74, 6) is 0.895. The molecule has 4 aromatic carbocycles. The average Bonchev–Trinajstić information content (AvgIpc) is 1.44. The second-order valence-electron chi connectivity index (χ2n) is 26.9. The van der Waals surface area contributed by atoms with Crippen molar-refractivity contribution in [2.75, 3.05) is 42.4 Å². The summed E-state index contributed by atoms with van der Waals surface area (Å²) in [6.07, 6.45) is 25.9. The van der Waals surface area contributed by atoms with Gasteiger partial charge in [-0.25, -0.2) is 18.0 Å². The van der Waals surface area contributed by atoms with Crippen molar-refractivity contribution in [1.82, 2.24) is 4.90 Å². The molecule has 17 heteroatoms. The third-order valence-electron chi connectivity index (χ3n) is 20.4. The van der Waals surface area contributed by atoms with Crippen LogP contribution in [0.3, 0.4) is 0 Å². The lowest BCUT2D eigenvalue weighted by atomic mass is 9.62. The first-order valence-corrected chi connectivity index (χ1v) is 34.4. The summed E-state index contributed by atoms with van der Waals surface area (Å²) in [4.78, 5) is 37.5. The predicted molar refractivity (Wildman–Crippen MR) is 341 cm³/mol. The van der Waals surface area contributed by atoms with Gasteiger partial charge in [0.15, 0.2) is 0 Å². The molecule has 0 radical (unpaired) electrons. The molecule has 4 aromatic rings. The van der Waals surface area contributed by atoms with Gasteiger partial charge in [0.1, 0.15) is 36.6 Å². The van der Waals surface area contributed by atoms with Gasteiger partial charge in [-0.1, -0.05) is 81.5 Å².